The number of carbonyl (C=O) groups excluding carboxylic acids is 1. The van der Waals surface area contributed by atoms with Crippen molar-refractivity contribution in [2.75, 3.05) is 31.5 Å². The van der Waals surface area contributed by atoms with Crippen LogP contribution in [-0.4, -0.2) is 51.4 Å². The molecule has 7 nitrogen and oxygen atoms in total. The number of carbonyl (C=O) groups is 1. The second-order valence-corrected chi connectivity index (χ2v) is 9.08. The molecule has 1 aliphatic heterocycles. The molecule has 0 spiro atoms. The summed E-state index contributed by atoms with van der Waals surface area (Å²) in [4.78, 5) is 23.2. The van der Waals surface area contributed by atoms with E-state index in [1.165, 1.54) is 12.1 Å². The van der Waals surface area contributed by atoms with Gasteiger partial charge in [0.15, 0.2) is 5.65 Å². The number of aromatic nitrogens is 3. The average molecular weight is 519 g/mol. The molecule has 0 radical (unpaired) electrons. The van der Waals surface area contributed by atoms with Crippen LogP contribution in [0, 0.1) is 18.8 Å². The molecular formula is C28H25F3N6O. The van der Waals surface area contributed by atoms with Crippen molar-refractivity contribution in [1.29, 1.82) is 0 Å². The topological polar surface area (TPSA) is 74.6 Å². The number of aryl methyl sites for hydroxylation is 1. The summed E-state index contributed by atoms with van der Waals surface area (Å²) >= 11 is 0. The van der Waals surface area contributed by atoms with E-state index in [2.05, 4.69) is 32.4 Å². The fourth-order valence-electron chi connectivity index (χ4n) is 4.33. The summed E-state index contributed by atoms with van der Waals surface area (Å²) in [5, 5.41) is 5.81. The molecule has 0 aliphatic carbocycles. The van der Waals surface area contributed by atoms with Gasteiger partial charge in [0.05, 0.1) is 18.0 Å². The molecule has 0 saturated carbocycles. The highest BCUT2D eigenvalue weighted by Gasteiger charge is 2.34. The Kier molecular flexibility index (Phi) is 7.13. The maximum atomic E-state index is 13.9. The SMILES string of the molecule is Cc1ccc(C(=O)Nc2ccc(CN3CCNCC3)c(C(F)(F)F)c2)cc1C#Cc1cnc2cnccn12. The Hall–Kier alpha value is -4.20. The van der Waals surface area contributed by atoms with Crippen LogP contribution in [0.15, 0.2) is 61.2 Å². The first-order chi connectivity index (χ1) is 18.3. The van der Waals surface area contributed by atoms with Gasteiger partial charge in [-0.1, -0.05) is 18.1 Å². The molecule has 2 aromatic heterocycles. The highest BCUT2D eigenvalue weighted by Crippen LogP contribution is 2.34. The molecule has 2 aromatic carbocycles. The van der Waals surface area contributed by atoms with Crippen LogP contribution in [0.2, 0.25) is 0 Å². The van der Waals surface area contributed by atoms with Crippen molar-refractivity contribution in [3.05, 3.63) is 94.7 Å². The monoisotopic (exact) mass is 518 g/mol. The summed E-state index contributed by atoms with van der Waals surface area (Å²) < 4.78 is 43.4. The number of imidazole rings is 1. The number of benzene rings is 2. The molecule has 10 heteroatoms. The predicted octanol–water partition coefficient (Wildman–Crippen LogP) is 4.11. The van der Waals surface area contributed by atoms with Gasteiger partial charge in [0, 0.05) is 61.9 Å². The van der Waals surface area contributed by atoms with E-state index in [0.29, 0.717) is 35.6 Å². The van der Waals surface area contributed by atoms with Gasteiger partial charge in [0.2, 0.25) is 0 Å². The molecule has 0 bridgehead atoms. The zero-order valence-electron chi connectivity index (χ0n) is 20.6. The van der Waals surface area contributed by atoms with Crippen LogP contribution in [0.4, 0.5) is 18.9 Å². The third-order valence-electron chi connectivity index (χ3n) is 6.42. The van der Waals surface area contributed by atoms with Crippen LogP contribution in [0.25, 0.3) is 5.65 Å². The van der Waals surface area contributed by atoms with Crippen LogP contribution in [0.3, 0.4) is 0 Å². The zero-order chi connectivity index (χ0) is 26.7. The van der Waals surface area contributed by atoms with Crippen molar-refractivity contribution < 1.29 is 18.0 Å². The summed E-state index contributed by atoms with van der Waals surface area (Å²) in [6.07, 6.45) is 2.12. The Labute approximate surface area is 217 Å². The molecule has 1 saturated heterocycles. The fraction of sp³-hybridized carbons (Fsp3) is 0.250. The Balaban J connectivity index is 1.36. The largest absolute Gasteiger partial charge is 0.416 e. The number of hydrogen-bond acceptors (Lipinski definition) is 5. The summed E-state index contributed by atoms with van der Waals surface area (Å²) in [5.74, 6) is 5.62. The average Bonchev–Trinajstić information content (AvgIpc) is 3.32. The molecule has 1 aliphatic rings. The number of anilines is 1. The Morgan fingerprint density at radius 2 is 1.92 bits per heavy atom. The van der Waals surface area contributed by atoms with Crippen molar-refractivity contribution in [3.8, 4) is 11.8 Å². The molecule has 1 amide bonds. The summed E-state index contributed by atoms with van der Waals surface area (Å²) in [7, 11) is 0. The molecule has 2 N–H and O–H groups in total. The highest BCUT2D eigenvalue weighted by molar-refractivity contribution is 6.04. The minimum absolute atomic E-state index is 0.0823. The maximum absolute atomic E-state index is 13.9. The van der Waals surface area contributed by atoms with Gasteiger partial charge in [-0.2, -0.15) is 13.2 Å². The van der Waals surface area contributed by atoms with Crippen molar-refractivity contribution >= 4 is 17.2 Å². The van der Waals surface area contributed by atoms with E-state index in [1.54, 1.807) is 47.4 Å². The molecule has 0 atom stereocenters. The van der Waals surface area contributed by atoms with E-state index in [4.69, 9.17) is 0 Å². The van der Waals surface area contributed by atoms with Crippen LogP contribution < -0.4 is 10.6 Å². The van der Waals surface area contributed by atoms with E-state index < -0.39 is 17.6 Å². The second kappa shape index (κ2) is 10.7. The standard InChI is InChI=1S/C28H25F3N6O/c1-19-2-3-21(14-20(19)5-7-24-16-34-26-17-33-10-13-37(24)26)27(38)35-23-6-4-22(25(15-23)28(29,30)31)18-36-11-8-32-9-12-36/h2-4,6,10,13-17,32H,8-9,11-12,18H2,1H3,(H,35,38). The number of piperazine rings is 1. The maximum Gasteiger partial charge on any atom is 0.416 e. The number of nitrogens with zero attached hydrogens (tertiary/aromatic N) is 4. The van der Waals surface area contributed by atoms with Crippen LogP contribution in [0.5, 0.6) is 0 Å². The molecular weight excluding hydrogens is 493 g/mol. The molecule has 5 rings (SSSR count). The Morgan fingerprint density at radius 3 is 2.71 bits per heavy atom. The summed E-state index contributed by atoms with van der Waals surface area (Å²) in [6.45, 7) is 4.93. The third-order valence-corrected chi connectivity index (χ3v) is 6.42. The van der Waals surface area contributed by atoms with Crippen LogP contribution in [-0.2, 0) is 12.7 Å². The van der Waals surface area contributed by atoms with Crippen molar-refractivity contribution in [2.45, 2.75) is 19.6 Å². The Bertz CT molecular complexity index is 1540. The lowest BCUT2D eigenvalue weighted by molar-refractivity contribution is -0.138. The lowest BCUT2D eigenvalue weighted by Crippen LogP contribution is -2.43. The van der Waals surface area contributed by atoms with Gasteiger partial charge < -0.3 is 10.6 Å². The molecule has 4 aromatic rings. The fourth-order valence-corrected chi connectivity index (χ4v) is 4.33. The number of alkyl halides is 3. The first kappa shape index (κ1) is 25.4. The normalized spacial score (nSPS) is 14.2. The number of hydrogen-bond donors (Lipinski definition) is 2. The zero-order valence-corrected chi connectivity index (χ0v) is 20.6. The van der Waals surface area contributed by atoms with Crippen LogP contribution >= 0.6 is 0 Å². The third kappa shape index (κ3) is 5.69. The van der Waals surface area contributed by atoms with E-state index in [9.17, 15) is 18.0 Å². The molecule has 1 fully saturated rings. The minimum atomic E-state index is -4.54. The lowest BCUT2D eigenvalue weighted by atomic mass is 10.0. The number of halogens is 3. The van der Waals surface area contributed by atoms with Gasteiger partial charge in [0.1, 0.15) is 5.69 Å². The lowest BCUT2D eigenvalue weighted by Gasteiger charge is -2.28. The van der Waals surface area contributed by atoms with Crippen molar-refractivity contribution in [2.24, 2.45) is 0 Å². The summed E-state index contributed by atoms with van der Waals surface area (Å²) in [5.41, 5.74) is 2.64. The summed E-state index contributed by atoms with van der Waals surface area (Å²) in [6, 6.07) is 8.97. The van der Waals surface area contributed by atoms with Crippen molar-refractivity contribution in [3.63, 3.8) is 0 Å². The number of nitrogens with one attached hydrogen (secondary N) is 2. The number of fused-ring (bicyclic) bond motifs is 1. The van der Waals surface area contributed by atoms with Gasteiger partial charge in [-0.05, 0) is 48.2 Å². The van der Waals surface area contributed by atoms with Gasteiger partial charge in [-0.3, -0.25) is 19.1 Å². The molecule has 0 unspecified atom stereocenters. The van der Waals surface area contributed by atoms with Gasteiger partial charge in [-0.15, -0.1) is 0 Å². The molecule has 3 heterocycles. The highest BCUT2D eigenvalue weighted by atomic mass is 19.4. The van der Waals surface area contributed by atoms with E-state index in [1.807, 2.05) is 11.8 Å². The first-order valence-corrected chi connectivity index (χ1v) is 12.1. The number of amides is 1. The second-order valence-electron chi connectivity index (χ2n) is 9.08. The Morgan fingerprint density at radius 1 is 1.11 bits per heavy atom. The van der Waals surface area contributed by atoms with Gasteiger partial charge >= 0.3 is 6.18 Å². The van der Waals surface area contributed by atoms with Crippen LogP contribution in [0.1, 0.15) is 38.3 Å². The van der Waals surface area contributed by atoms with E-state index in [0.717, 1.165) is 24.7 Å². The van der Waals surface area contributed by atoms with E-state index >= 15 is 0 Å². The minimum Gasteiger partial charge on any atom is -0.322 e. The van der Waals surface area contributed by atoms with Gasteiger partial charge in [-0.25, -0.2) is 4.98 Å². The van der Waals surface area contributed by atoms with Crippen molar-refractivity contribution in [1.82, 2.24) is 24.6 Å². The smallest absolute Gasteiger partial charge is 0.322 e. The quantitative estimate of drug-likeness (QED) is 0.398. The predicted molar refractivity (Wildman–Crippen MR) is 138 cm³/mol. The van der Waals surface area contributed by atoms with E-state index in [-0.39, 0.29) is 17.8 Å². The number of rotatable bonds is 4. The molecule has 38 heavy (non-hydrogen) atoms. The molecule has 194 valence electrons. The van der Waals surface area contributed by atoms with Gasteiger partial charge in [0.25, 0.3) is 5.91 Å². The first-order valence-electron chi connectivity index (χ1n) is 12.1.